The highest BCUT2D eigenvalue weighted by atomic mass is 16.5. The zero-order chi connectivity index (χ0) is 14.4. The van der Waals surface area contributed by atoms with Crippen molar-refractivity contribution >= 4 is 0 Å². The number of hydrazine groups is 1. The molecule has 4 fully saturated rings. The molecule has 1 atom stereocenters. The van der Waals surface area contributed by atoms with Crippen molar-refractivity contribution in [3.05, 3.63) is 29.8 Å². The highest BCUT2D eigenvalue weighted by molar-refractivity contribution is 5.32. The van der Waals surface area contributed by atoms with E-state index in [1.807, 2.05) is 6.07 Å². The van der Waals surface area contributed by atoms with E-state index >= 15 is 0 Å². The summed E-state index contributed by atoms with van der Waals surface area (Å²) in [5.41, 5.74) is 4.83. The first-order valence-electron chi connectivity index (χ1n) is 8.32. The van der Waals surface area contributed by atoms with Gasteiger partial charge in [0.25, 0.3) is 0 Å². The summed E-state index contributed by atoms with van der Waals surface area (Å²) in [6.07, 6.45) is 8.46. The molecule has 4 aliphatic carbocycles. The minimum Gasteiger partial charge on any atom is -0.497 e. The molecule has 0 aliphatic heterocycles. The minimum atomic E-state index is 0.265. The van der Waals surface area contributed by atoms with Gasteiger partial charge in [-0.15, -0.1) is 0 Å². The van der Waals surface area contributed by atoms with Crippen LogP contribution in [-0.4, -0.2) is 7.11 Å². The molecular formula is C18H26N2O. The molecule has 114 valence electrons. The van der Waals surface area contributed by atoms with Crippen LogP contribution in [0.2, 0.25) is 0 Å². The molecular weight excluding hydrogens is 260 g/mol. The first-order chi connectivity index (χ1) is 10.2. The Morgan fingerprint density at radius 3 is 2.29 bits per heavy atom. The van der Waals surface area contributed by atoms with Gasteiger partial charge in [-0.1, -0.05) is 12.1 Å². The van der Waals surface area contributed by atoms with Crippen molar-refractivity contribution in [2.45, 2.75) is 44.6 Å². The molecule has 1 aromatic rings. The molecule has 0 heterocycles. The summed E-state index contributed by atoms with van der Waals surface area (Å²) >= 11 is 0. The number of methoxy groups -OCH3 is 1. The second-order valence-electron chi connectivity index (χ2n) is 7.66. The molecule has 0 saturated heterocycles. The summed E-state index contributed by atoms with van der Waals surface area (Å²) in [6.45, 7) is 0. The molecule has 0 spiro atoms. The lowest BCUT2D eigenvalue weighted by atomic mass is 9.47. The standard InChI is InChI=1S/C18H26N2O/c1-21-16-4-2-3-15(8-16)17(20-19)18-9-12-5-13(10-18)7-14(6-12)11-18/h2-4,8,12-14,17,20H,5-7,9-11,19H2,1H3. The van der Waals surface area contributed by atoms with Gasteiger partial charge in [0.15, 0.2) is 0 Å². The number of nitrogens with one attached hydrogen (secondary N) is 1. The third-order valence-electron chi connectivity index (χ3n) is 6.29. The van der Waals surface area contributed by atoms with Crippen molar-refractivity contribution in [2.75, 3.05) is 7.11 Å². The molecule has 3 N–H and O–H groups in total. The van der Waals surface area contributed by atoms with Crippen molar-refractivity contribution in [1.29, 1.82) is 0 Å². The van der Waals surface area contributed by atoms with Crippen LogP contribution in [0.4, 0.5) is 0 Å². The Balaban J connectivity index is 1.69. The average molecular weight is 286 g/mol. The Kier molecular flexibility index (Phi) is 3.23. The maximum absolute atomic E-state index is 6.03. The molecule has 0 radical (unpaired) electrons. The highest BCUT2D eigenvalue weighted by Crippen LogP contribution is 2.63. The van der Waals surface area contributed by atoms with Crippen LogP contribution in [0.3, 0.4) is 0 Å². The number of nitrogens with two attached hydrogens (primary N) is 1. The molecule has 3 nitrogen and oxygen atoms in total. The Morgan fingerprint density at radius 2 is 1.76 bits per heavy atom. The molecule has 1 aromatic carbocycles. The van der Waals surface area contributed by atoms with Crippen LogP contribution in [-0.2, 0) is 0 Å². The van der Waals surface area contributed by atoms with Gasteiger partial charge in [0.2, 0.25) is 0 Å². The fourth-order valence-corrected chi connectivity index (χ4v) is 5.98. The van der Waals surface area contributed by atoms with E-state index in [1.54, 1.807) is 7.11 Å². The predicted octanol–water partition coefficient (Wildman–Crippen LogP) is 3.42. The summed E-state index contributed by atoms with van der Waals surface area (Å²) in [5, 5.41) is 0. The minimum absolute atomic E-state index is 0.265. The van der Waals surface area contributed by atoms with E-state index in [9.17, 15) is 0 Å². The quantitative estimate of drug-likeness (QED) is 0.658. The molecule has 0 amide bonds. The van der Waals surface area contributed by atoms with E-state index < -0.39 is 0 Å². The topological polar surface area (TPSA) is 47.3 Å². The van der Waals surface area contributed by atoms with Gasteiger partial charge < -0.3 is 4.74 Å². The monoisotopic (exact) mass is 286 g/mol. The maximum atomic E-state index is 6.03. The zero-order valence-corrected chi connectivity index (χ0v) is 12.8. The first kappa shape index (κ1) is 13.6. The smallest absolute Gasteiger partial charge is 0.119 e. The van der Waals surface area contributed by atoms with Gasteiger partial charge in [-0.05, 0) is 79.4 Å². The fraction of sp³-hybridized carbons (Fsp3) is 0.667. The summed E-state index contributed by atoms with van der Waals surface area (Å²) in [7, 11) is 1.73. The summed E-state index contributed by atoms with van der Waals surface area (Å²) in [5.74, 6) is 9.78. The van der Waals surface area contributed by atoms with Gasteiger partial charge in [0.1, 0.15) is 5.75 Å². The lowest BCUT2D eigenvalue weighted by Gasteiger charge is -2.59. The number of hydrogen-bond donors (Lipinski definition) is 2. The third-order valence-corrected chi connectivity index (χ3v) is 6.29. The van der Waals surface area contributed by atoms with Crippen LogP contribution in [0.15, 0.2) is 24.3 Å². The highest BCUT2D eigenvalue weighted by Gasteiger charge is 2.54. The van der Waals surface area contributed by atoms with Gasteiger partial charge in [-0.2, -0.15) is 0 Å². The summed E-state index contributed by atoms with van der Waals surface area (Å²) < 4.78 is 5.40. The Bertz CT molecular complexity index is 492. The van der Waals surface area contributed by atoms with Crippen molar-refractivity contribution < 1.29 is 4.74 Å². The molecule has 21 heavy (non-hydrogen) atoms. The molecule has 4 aliphatic rings. The summed E-state index contributed by atoms with van der Waals surface area (Å²) in [4.78, 5) is 0. The summed E-state index contributed by atoms with van der Waals surface area (Å²) in [6, 6.07) is 8.71. The Morgan fingerprint density at radius 1 is 1.14 bits per heavy atom. The number of ether oxygens (including phenoxy) is 1. The predicted molar refractivity (Wildman–Crippen MR) is 83.7 cm³/mol. The fourth-order valence-electron chi connectivity index (χ4n) is 5.98. The lowest BCUT2D eigenvalue weighted by molar-refractivity contribution is -0.0749. The molecule has 4 saturated carbocycles. The van der Waals surface area contributed by atoms with Crippen LogP contribution in [0.5, 0.6) is 5.75 Å². The van der Waals surface area contributed by atoms with Gasteiger partial charge in [0.05, 0.1) is 13.2 Å². The second kappa shape index (κ2) is 4.99. The van der Waals surface area contributed by atoms with Crippen LogP contribution in [0, 0.1) is 23.2 Å². The van der Waals surface area contributed by atoms with Crippen LogP contribution < -0.4 is 16.0 Å². The second-order valence-corrected chi connectivity index (χ2v) is 7.66. The van der Waals surface area contributed by atoms with Crippen molar-refractivity contribution in [3.63, 3.8) is 0 Å². The third kappa shape index (κ3) is 2.18. The van der Waals surface area contributed by atoms with E-state index in [2.05, 4.69) is 23.6 Å². The maximum Gasteiger partial charge on any atom is 0.119 e. The van der Waals surface area contributed by atoms with E-state index in [0.717, 1.165) is 23.5 Å². The van der Waals surface area contributed by atoms with E-state index in [1.165, 1.54) is 44.1 Å². The van der Waals surface area contributed by atoms with Gasteiger partial charge in [-0.3, -0.25) is 11.3 Å². The number of rotatable bonds is 4. The Labute approximate surface area is 127 Å². The van der Waals surface area contributed by atoms with Gasteiger partial charge >= 0.3 is 0 Å². The number of hydrogen-bond acceptors (Lipinski definition) is 3. The lowest BCUT2D eigenvalue weighted by Crippen LogP contribution is -2.53. The van der Waals surface area contributed by atoms with Crippen LogP contribution in [0.25, 0.3) is 0 Å². The average Bonchev–Trinajstić information content (AvgIpc) is 2.46. The van der Waals surface area contributed by atoms with Crippen LogP contribution >= 0.6 is 0 Å². The van der Waals surface area contributed by atoms with E-state index in [-0.39, 0.29) is 6.04 Å². The van der Waals surface area contributed by atoms with E-state index in [4.69, 9.17) is 10.6 Å². The van der Waals surface area contributed by atoms with Crippen molar-refractivity contribution in [2.24, 2.45) is 29.0 Å². The SMILES string of the molecule is COc1cccc(C(NN)C23CC4CC(CC(C4)C2)C3)c1. The molecule has 5 rings (SSSR count). The molecule has 0 aromatic heterocycles. The van der Waals surface area contributed by atoms with E-state index in [0.29, 0.717) is 5.41 Å². The Hall–Kier alpha value is -1.06. The van der Waals surface area contributed by atoms with Gasteiger partial charge in [-0.25, -0.2) is 0 Å². The normalized spacial score (nSPS) is 38.5. The first-order valence-corrected chi connectivity index (χ1v) is 8.32. The zero-order valence-electron chi connectivity index (χ0n) is 12.8. The van der Waals surface area contributed by atoms with Crippen molar-refractivity contribution in [3.8, 4) is 5.75 Å². The molecule has 3 heteroatoms. The van der Waals surface area contributed by atoms with Gasteiger partial charge in [0, 0.05) is 0 Å². The van der Waals surface area contributed by atoms with Crippen LogP contribution in [0.1, 0.15) is 50.1 Å². The largest absolute Gasteiger partial charge is 0.497 e. The molecule has 1 unspecified atom stereocenters. The number of benzene rings is 1. The molecule has 4 bridgehead atoms. The van der Waals surface area contributed by atoms with Crippen molar-refractivity contribution in [1.82, 2.24) is 5.43 Å².